The van der Waals surface area contributed by atoms with Crippen LogP contribution >= 0.6 is 0 Å². The number of hydrogen-bond acceptors (Lipinski definition) is 6. The molecule has 1 fully saturated rings. The quantitative estimate of drug-likeness (QED) is 0.622. The summed E-state index contributed by atoms with van der Waals surface area (Å²) in [6.45, 7) is 1.33. The predicted octanol–water partition coefficient (Wildman–Crippen LogP) is 0.666. The number of nitro groups is 1. The highest BCUT2D eigenvalue weighted by atomic mass is 16.6. The summed E-state index contributed by atoms with van der Waals surface area (Å²) in [7, 11) is 0. The van der Waals surface area contributed by atoms with E-state index in [1.807, 2.05) is 0 Å². The van der Waals surface area contributed by atoms with Gasteiger partial charge in [-0.3, -0.25) is 14.9 Å². The molecule has 1 atom stereocenters. The molecule has 1 aromatic rings. The lowest BCUT2D eigenvalue weighted by Gasteiger charge is -2.20. The molecule has 8 heteroatoms. The molecule has 0 aliphatic carbocycles. The van der Waals surface area contributed by atoms with Gasteiger partial charge in [-0.2, -0.15) is 0 Å². The number of carbonyl (C=O) groups is 1. The van der Waals surface area contributed by atoms with Gasteiger partial charge in [-0.15, -0.1) is 0 Å². The number of nitro benzene ring substituents is 1. The van der Waals surface area contributed by atoms with Crippen molar-refractivity contribution in [3.05, 3.63) is 22.2 Å². The maximum Gasteiger partial charge on any atom is 0.314 e. The Morgan fingerprint density at radius 1 is 1.45 bits per heavy atom. The monoisotopic (exact) mass is 279 g/mol. The highest BCUT2D eigenvalue weighted by molar-refractivity contribution is 5.96. The second-order valence-electron chi connectivity index (χ2n) is 4.64. The molecule has 1 saturated heterocycles. The van der Waals surface area contributed by atoms with Crippen LogP contribution in [-0.2, 0) is 4.79 Å². The third-order valence-electron chi connectivity index (χ3n) is 3.20. The zero-order chi connectivity index (χ0) is 14.1. The second kappa shape index (κ2) is 4.97. The predicted molar refractivity (Wildman–Crippen MR) is 69.1 cm³/mol. The maximum atomic E-state index is 11.3. The first kappa shape index (κ1) is 12.7. The fourth-order valence-electron chi connectivity index (χ4n) is 2.24. The minimum absolute atomic E-state index is 0.105. The minimum Gasteiger partial charge on any atom is -0.482 e. The summed E-state index contributed by atoms with van der Waals surface area (Å²) in [5.74, 6) is 0.140. The summed E-state index contributed by atoms with van der Waals surface area (Å²) >= 11 is 0. The van der Waals surface area contributed by atoms with E-state index in [0.717, 1.165) is 13.0 Å². The SMILES string of the molecule is O=C1COc2cc([N+](=O)[O-])c(OC3CCNC3)cc2N1. The van der Waals surface area contributed by atoms with Gasteiger partial charge in [-0.25, -0.2) is 0 Å². The number of ether oxygens (including phenoxy) is 2. The molecule has 1 aromatic carbocycles. The van der Waals surface area contributed by atoms with E-state index >= 15 is 0 Å². The van der Waals surface area contributed by atoms with Crippen LogP contribution in [0.25, 0.3) is 0 Å². The van der Waals surface area contributed by atoms with Gasteiger partial charge in [0.15, 0.2) is 18.1 Å². The summed E-state index contributed by atoms with van der Waals surface area (Å²) in [4.78, 5) is 21.9. The first-order chi connectivity index (χ1) is 9.63. The number of amides is 1. The number of nitrogens with zero attached hydrogens (tertiary/aromatic N) is 1. The highest BCUT2D eigenvalue weighted by Gasteiger charge is 2.27. The highest BCUT2D eigenvalue weighted by Crippen LogP contribution is 2.39. The Morgan fingerprint density at radius 2 is 2.30 bits per heavy atom. The molecular formula is C12H13N3O5. The van der Waals surface area contributed by atoms with E-state index in [1.165, 1.54) is 12.1 Å². The smallest absolute Gasteiger partial charge is 0.314 e. The molecule has 0 radical (unpaired) electrons. The third kappa shape index (κ3) is 2.37. The number of fused-ring (bicyclic) bond motifs is 1. The molecule has 1 unspecified atom stereocenters. The van der Waals surface area contributed by atoms with E-state index < -0.39 is 4.92 Å². The van der Waals surface area contributed by atoms with Gasteiger partial charge in [0.2, 0.25) is 0 Å². The molecule has 0 aromatic heterocycles. The molecule has 2 aliphatic heterocycles. The summed E-state index contributed by atoms with van der Waals surface area (Å²) in [6, 6.07) is 2.73. The molecule has 1 amide bonds. The standard InChI is InChI=1S/C12H13N3O5/c16-12-6-19-10-4-9(15(17)18)11(3-8(10)14-12)20-7-1-2-13-5-7/h3-4,7,13H,1-2,5-6H2,(H,14,16). The molecule has 2 aliphatic rings. The Morgan fingerprint density at radius 3 is 3.00 bits per heavy atom. The van der Waals surface area contributed by atoms with E-state index in [0.29, 0.717) is 12.2 Å². The first-order valence-corrected chi connectivity index (χ1v) is 6.26. The number of anilines is 1. The Kier molecular flexibility index (Phi) is 3.15. The van der Waals surface area contributed by atoms with Gasteiger partial charge in [-0.05, 0) is 13.0 Å². The third-order valence-corrected chi connectivity index (χ3v) is 3.20. The van der Waals surface area contributed by atoms with Gasteiger partial charge in [0.05, 0.1) is 16.7 Å². The normalized spacial score (nSPS) is 20.8. The van der Waals surface area contributed by atoms with Crippen LogP contribution in [0.5, 0.6) is 11.5 Å². The summed E-state index contributed by atoms with van der Waals surface area (Å²) in [6.07, 6.45) is 0.684. The van der Waals surface area contributed by atoms with Gasteiger partial charge in [0, 0.05) is 12.6 Å². The fraction of sp³-hybridized carbons (Fsp3) is 0.417. The molecule has 2 heterocycles. The Labute approximate surface area is 114 Å². The van der Waals surface area contributed by atoms with Crippen molar-refractivity contribution in [3.8, 4) is 11.5 Å². The van der Waals surface area contributed by atoms with E-state index in [-0.39, 0.29) is 35.8 Å². The van der Waals surface area contributed by atoms with Crippen LogP contribution in [0.3, 0.4) is 0 Å². The van der Waals surface area contributed by atoms with E-state index in [4.69, 9.17) is 9.47 Å². The van der Waals surface area contributed by atoms with Crippen molar-refractivity contribution in [2.45, 2.75) is 12.5 Å². The van der Waals surface area contributed by atoms with Crippen LogP contribution < -0.4 is 20.1 Å². The zero-order valence-electron chi connectivity index (χ0n) is 10.5. The topological polar surface area (TPSA) is 103 Å². The number of benzene rings is 1. The molecule has 0 saturated carbocycles. The van der Waals surface area contributed by atoms with Crippen molar-refractivity contribution in [1.29, 1.82) is 0 Å². The van der Waals surface area contributed by atoms with Crippen LogP contribution in [0, 0.1) is 10.1 Å². The lowest BCUT2D eigenvalue weighted by molar-refractivity contribution is -0.386. The van der Waals surface area contributed by atoms with Crippen molar-refractivity contribution < 1.29 is 19.2 Å². The molecule has 0 spiro atoms. The minimum atomic E-state index is -0.516. The fourth-order valence-corrected chi connectivity index (χ4v) is 2.24. The Bertz CT molecular complexity index is 568. The lowest BCUT2D eigenvalue weighted by atomic mass is 10.2. The van der Waals surface area contributed by atoms with Crippen LogP contribution in [-0.4, -0.2) is 36.6 Å². The Hall–Kier alpha value is -2.35. The van der Waals surface area contributed by atoms with Crippen molar-refractivity contribution >= 4 is 17.3 Å². The van der Waals surface area contributed by atoms with Crippen LogP contribution in [0.15, 0.2) is 12.1 Å². The van der Waals surface area contributed by atoms with E-state index in [1.54, 1.807) is 0 Å². The van der Waals surface area contributed by atoms with Crippen molar-refractivity contribution in [1.82, 2.24) is 5.32 Å². The van der Waals surface area contributed by atoms with E-state index in [2.05, 4.69) is 10.6 Å². The number of hydrogen-bond donors (Lipinski definition) is 2. The molecule has 3 rings (SSSR count). The molecule has 0 bridgehead atoms. The van der Waals surface area contributed by atoms with Crippen molar-refractivity contribution in [2.24, 2.45) is 0 Å². The lowest BCUT2D eigenvalue weighted by Crippen LogP contribution is -2.26. The largest absolute Gasteiger partial charge is 0.482 e. The number of nitrogens with one attached hydrogen (secondary N) is 2. The first-order valence-electron chi connectivity index (χ1n) is 6.26. The molecule has 106 valence electrons. The van der Waals surface area contributed by atoms with Crippen LogP contribution in [0.4, 0.5) is 11.4 Å². The van der Waals surface area contributed by atoms with Crippen molar-refractivity contribution in [2.75, 3.05) is 25.0 Å². The van der Waals surface area contributed by atoms with E-state index in [9.17, 15) is 14.9 Å². The molecular weight excluding hydrogens is 266 g/mol. The number of carbonyl (C=O) groups excluding carboxylic acids is 1. The van der Waals surface area contributed by atoms with Crippen LogP contribution in [0.2, 0.25) is 0 Å². The molecule has 2 N–H and O–H groups in total. The maximum absolute atomic E-state index is 11.3. The second-order valence-corrected chi connectivity index (χ2v) is 4.64. The zero-order valence-corrected chi connectivity index (χ0v) is 10.5. The molecule has 20 heavy (non-hydrogen) atoms. The van der Waals surface area contributed by atoms with Gasteiger partial charge in [-0.1, -0.05) is 0 Å². The summed E-state index contributed by atoms with van der Waals surface area (Å²) in [5, 5.41) is 16.8. The Balaban J connectivity index is 1.95. The van der Waals surface area contributed by atoms with Crippen molar-refractivity contribution in [3.63, 3.8) is 0 Å². The van der Waals surface area contributed by atoms with Gasteiger partial charge in [0.1, 0.15) is 6.10 Å². The van der Waals surface area contributed by atoms with Crippen LogP contribution in [0.1, 0.15) is 6.42 Å². The van der Waals surface area contributed by atoms with Gasteiger partial charge in [0.25, 0.3) is 5.91 Å². The summed E-state index contributed by atoms with van der Waals surface area (Å²) < 4.78 is 10.8. The number of rotatable bonds is 3. The average Bonchev–Trinajstić information content (AvgIpc) is 2.90. The van der Waals surface area contributed by atoms with Gasteiger partial charge < -0.3 is 20.1 Å². The average molecular weight is 279 g/mol. The molecule has 8 nitrogen and oxygen atoms in total. The van der Waals surface area contributed by atoms with Gasteiger partial charge >= 0.3 is 5.69 Å². The summed E-state index contributed by atoms with van der Waals surface area (Å²) in [5.41, 5.74) is 0.236.